The van der Waals surface area contributed by atoms with Crippen molar-refractivity contribution in [2.45, 2.75) is 13.1 Å². The third-order valence-electron chi connectivity index (χ3n) is 2.89. The summed E-state index contributed by atoms with van der Waals surface area (Å²) in [5.74, 6) is -2.39. The summed E-state index contributed by atoms with van der Waals surface area (Å²) >= 11 is 1.27. The Kier molecular flexibility index (Phi) is 5.35. The molecule has 0 aliphatic carbocycles. The minimum Gasteiger partial charge on any atom is -0.318 e. The molecule has 2 N–H and O–H groups in total. The Hall–Kier alpha value is -2.68. The Bertz CT molecular complexity index is 753. The molecular weight excluding hydrogens is 343 g/mol. The molecular formula is C15H12F3N3O2S. The smallest absolute Gasteiger partial charge is 0.318 e. The summed E-state index contributed by atoms with van der Waals surface area (Å²) in [5, 5.41) is 7.44. The average Bonchev–Trinajstić information content (AvgIpc) is 3.06. The van der Waals surface area contributed by atoms with Crippen molar-refractivity contribution in [1.29, 1.82) is 0 Å². The lowest BCUT2D eigenvalue weighted by Gasteiger charge is -2.08. The van der Waals surface area contributed by atoms with Crippen LogP contribution in [0.5, 0.6) is 0 Å². The standard InChI is InChI=1S/C15H12F3N3O2S/c1-9(20-21-13(22)12-3-2-8-24-12)10-4-6-11(7-5-10)19-14(23)15(16,17)18/h2-8H,1H3,(H,19,23)(H,21,22)/b20-9-. The van der Waals surface area contributed by atoms with Gasteiger partial charge in [0.1, 0.15) is 0 Å². The number of anilines is 1. The Morgan fingerprint density at radius 2 is 1.79 bits per heavy atom. The summed E-state index contributed by atoms with van der Waals surface area (Å²) in [7, 11) is 0. The second-order valence-electron chi connectivity index (χ2n) is 4.64. The van der Waals surface area contributed by atoms with E-state index in [0.29, 0.717) is 16.2 Å². The fourth-order valence-electron chi connectivity index (χ4n) is 1.66. The second-order valence-corrected chi connectivity index (χ2v) is 5.59. The lowest BCUT2D eigenvalue weighted by Crippen LogP contribution is -2.29. The summed E-state index contributed by atoms with van der Waals surface area (Å²) in [5.41, 5.74) is 3.46. The molecule has 1 aromatic carbocycles. The number of carbonyl (C=O) groups excluding carboxylic acids is 2. The number of rotatable bonds is 4. The molecule has 1 heterocycles. The fraction of sp³-hybridized carbons (Fsp3) is 0.133. The van der Waals surface area contributed by atoms with Crippen LogP contribution in [0.15, 0.2) is 46.9 Å². The largest absolute Gasteiger partial charge is 0.471 e. The fourth-order valence-corrected chi connectivity index (χ4v) is 2.27. The van der Waals surface area contributed by atoms with Crippen LogP contribution in [0.1, 0.15) is 22.2 Å². The highest BCUT2D eigenvalue weighted by Crippen LogP contribution is 2.18. The number of amides is 2. The topological polar surface area (TPSA) is 70.6 Å². The number of benzene rings is 1. The van der Waals surface area contributed by atoms with Gasteiger partial charge in [0.25, 0.3) is 5.91 Å². The van der Waals surface area contributed by atoms with E-state index in [4.69, 9.17) is 0 Å². The Morgan fingerprint density at radius 1 is 1.12 bits per heavy atom. The Morgan fingerprint density at radius 3 is 2.33 bits per heavy atom. The van der Waals surface area contributed by atoms with Crippen LogP contribution in [-0.4, -0.2) is 23.7 Å². The number of carbonyl (C=O) groups is 2. The lowest BCUT2D eigenvalue weighted by molar-refractivity contribution is -0.167. The molecule has 0 saturated carbocycles. The third kappa shape index (κ3) is 4.66. The van der Waals surface area contributed by atoms with Crippen LogP contribution in [0.3, 0.4) is 0 Å². The number of hydrazone groups is 1. The zero-order valence-electron chi connectivity index (χ0n) is 12.3. The van der Waals surface area contributed by atoms with Gasteiger partial charge < -0.3 is 5.32 Å². The highest BCUT2D eigenvalue weighted by Gasteiger charge is 2.38. The molecule has 126 valence electrons. The molecule has 2 amide bonds. The molecule has 0 unspecified atom stereocenters. The molecule has 9 heteroatoms. The minimum atomic E-state index is -4.94. The maximum Gasteiger partial charge on any atom is 0.471 e. The summed E-state index contributed by atoms with van der Waals surface area (Å²) < 4.78 is 36.5. The van der Waals surface area contributed by atoms with Crippen molar-refractivity contribution in [2.75, 3.05) is 5.32 Å². The van der Waals surface area contributed by atoms with Gasteiger partial charge in [-0.25, -0.2) is 5.43 Å². The first-order valence-corrected chi connectivity index (χ1v) is 7.52. The molecule has 5 nitrogen and oxygen atoms in total. The number of nitrogens with zero attached hydrogens (tertiary/aromatic N) is 1. The Labute approximate surface area is 139 Å². The first kappa shape index (κ1) is 17.7. The quantitative estimate of drug-likeness (QED) is 0.652. The van der Waals surface area contributed by atoms with E-state index >= 15 is 0 Å². The average molecular weight is 355 g/mol. The van der Waals surface area contributed by atoms with Gasteiger partial charge in [0.05, 0.1) is 10.6 Å². The van der Waals surface area contributed by atoms with Gasteiger partial charge in [-0.05, 0) is 36.1 Å². The molecule has 0 bridgehead atoms. The van der Waals surface area contributed by atoms with E-state index in [1.165, 1.54) is 35.6 Å². The number of hydrogen-bond donors (Lipinski definition) is 2. The van der Waals surface area contributed by atoms with E-state index in [1.807, 2.05) is 0 Å². The predicted molar refractivity (Wildman–Crippen MR) is 85.1 cm³/mol. The molecule has 0 spiro atoms. The van der Waals surface area contributed by atoms with E-state index in [-0.39, 0.29) is 11.6 Å². The molecule has 0 atom stereocenters. The van der Waals surface area contributed by atoms with Gasteiger partial charge >= 0.3 is 12.1 Å². The molecule has 1 aromatic heterocycles. The van der Waals surface area contributed by atoms with Crippen LogP contribution in [0, 0.1) is 0 Å². The number of alkyl halides is 3. The van der Waals surface area contributed by atoms with Gasteiger partial charge in [-0.15, -0.1) is 11.3 Å². The lowest BCUT2D eigenvalue weighted by atomic mass is 10.1. The first-order chi connectivity index (χ1) is 11.3. The summed E-state index contributed by atoms with van der Waals surface area (Å²) in [6.07, 6.45) is -4.94. The second kappa shape index (κ2) is 7.26. The van der Waals surface area contributed by atoms with Crippen molar-refractivity contribution in [3.8, 4) is 0 Å². The van der Waals surface area contributed by atoms with Gasteiger partial charge in [-0.1, -0.05) is 18.2 Å². The molecule has 0 saturated heterocycles. The van der Waals surface area contributed by atoms with E-state index in [9.17, 15) is 22.8 Å². The van der Waals surface area contributed by atoms with Crippen molar-refractivity contribution in [1.82, 2.24) is 5.43 Å². The number of thiophene rings is 1. The van der Waals surface area contributed by atoms with Crippen LogP contribution in [-0.2, 0) is 4.79 Å². The third-order valence-corrected chi connectivity index (χ3v) is 3.76. The van der Waals surface area contributed by atoms with E-state index in [1.54, 1.807) is 29.8 Å². The summed E-state index contributed by atoms with van der Waals surface area (Å²) in [6.45, 7) is 1.64. The van der Waals surface area contributed by atoms with Crippen molar-refractivity contribution in [3.05, 3.63) is 52.2 Å². The van der Waals surface area contributed by atoms with Crippen molar-refractivity contribution in [2.24, 2.45) is 5.10 Å². The maximum atomic E-state index is 12.2. The van der Waals surface area contributed by atoms with Crippen LogP contribution in [0.2, 0.25) is 0 Å². The normalized spacial score (nSPS) is 11.9. The number of halogens is 3. The SMILES string of the molecule is C/C(=N/NC(=O)c1cccs1)c1ccc(NC(=O)C(F)(F)F)cc1. The first-order valence-electron chi connectivity index (χ1n) is 6.64. The zero-order valence-corrected chi connectivity index (χ0v) is 13.2. The molecule has 0 radical (unpaired) electrons. The monoisotopic (exact) mass is 355 g/mol. The van der Waals surface area contributed by atoms with Crippen molar-refractivity contribution >= 4 is 34.6 Å². The molecule has 2 aromatic rings. The van der Waals surface area contributed by atoms with Crippen molar-refractivity contribution < 1.29 is 22.8 Å². The van der Waals surface area contributed by atoms with Crippen LogP contribution >= 0.6 is 11.3 Å². The maximum absolute atomic E-state index is 12.2. The Balaban J connectivity index is 2.00. The van der Waals surface area contributed by atoms with Gasteiger partial charge in [-0.2, -0.15) is 18.3 Å². The van der Waals surface area contributed by atoms with Crippen molar-refractivity contribution in [3.63, 3.8) is 0 Å². The van der Waals surface area contributed by atoms with Gasteiger partial charge in [-0.3, -0.25) is 9.59 Å². The van der Waals surface area contributed by atoms with Gasteiger partial charge in [0.2, 0.25) is 0 Å². The van der Waals surface area contributed by atoms with E-state index < -0.39 is 12.1 Å². The van der Waals surface area contributed by atoms with Gasteiger partial charge in [0, 0.05) is 5.69 Å². The summed E-state index contributed by atoms with van der Waals surface area (Å²) in [4.78, 5) is 23.1. The summed E-state index contributed by atoms with van der Waals surface area (Å²) in [6, 6.07) is 9.01. The molecule has 24 heavy (non-hydrogen) atoms. The van der Waals surface area contributed by atoms with Crippen LogP contribution in [0.25, 0.3) is 0 Å². The molecule has 0 aliphatic rings. The number of hydrogen-bond acceptors (Lipinski definition) is 4. The highest BCUT2D eigenvalue weighted by molar-refractivity contribution is 7.12. The van der Waals surface area contributed by atoms with E-state index in [2.05, 4.69) is 10.5 Å². The predicted octanol–water partition coefficient (Wildman–Crippen LogP) is 3.40. The van der Waals surface area contributed by atoms with Gasteiger partial charge in [0.15, 0.2) is 0 Å². The van der Waals surface area contributed by atoms with Crippen LogP contribution in [0.4, 0.5) is 18.9 Å². The molecule has 0 fully saturated rings. The van der Waals surface area contributed by atoms with Crippen LogP contribution < -0.4 is 10.7 Å². The highest BCUT2D eigenvalue weighted by atomic mass is 32.1. The van der Waals surface area contributed by atoms with E-state index in [0.717, 1.165) is 0 Å². The molecule has 2 rings (SSSR count). The zero-order chi connectivity index (χ0) is 17.7. The minimum absolute atomic E-state index is 0.0106. The molecule has 0 aliphatic heterocycles. The number of nitrogens with one attached hydrogen (secondary N) is 2.